The molecule has 3 aromatic rings. The molecule has 5 rings (SSSR count). The minimum atomic E-state index is -0.149. The molecule has 0 saturated heterocycles. The first-order valence-corrected chi connectivity index (χ1v) is 8.77. The van der Waals surface area contributed by atoms with Gasteiger partial charge < -0.3 is 4.90 Å². The Morgan fingerprint density at radius 1 is 0.923 bits per heavy atom. The maximum atomic E-state index is 5.60. The van der Waals surface area contributed by atoms with Gasteiger partial charge in [-0.05, 0) is 23.8 Å². The summed E-state index contributed by atoms with van der Waals surface area (Å²) in [6.07, 6.45) is 5.18. The van der Waals surface area contributed by atoms with Gasteiger partial charge in [0.2, 0.25) is 0 Å². The van der Waals surface area contributed by atoms with Crippen molar-refractivity contribution < 1.29 is 0 Å². The Labute approximate surface area is 156 Å². The Hall–Kier alpha value is -3.18. The van der Waals surface area contributed by atoms with Crippen LogP contribution >= 0.6 is 12.2 Å². The molecule has 1 aliphatic carbocycles. The molecule has 0 N–H and O–H groups in total. The van der Waals surface area contributed by atoms with Crippen molar-refractivity contribution in [1.82, 2.24) is 9.97 Å². The number of fused-ring (bicyclic) bond motifs is 3. The van der Waals surface area contributed by atoms with Gasteiger partial charge >= 0.3 is 0 Å². The van der Waals surface area contributed by atoms with E-state index >= 15 is 0 Å². The number of para-hydroxylation sites is 1. The van der Waals surface area contributed by atoms with Gasteiger partial charge in [-0.15, -0.1) is 0 Å². The van der Waals surface area contributed by atoms with Gasteiger partial charge in [0.15, 0.2) is 6.17 Å². The molecule has 0 spiro atoms. The van der Waals surface area contributed by atoms with E-state index in [9.17, 15) is 0 Å². The molecule has 0 amide bonds. The van der Waals surface area contributed by atoms with Crippen molar-refractivity contribution >= 4 is 28.5 Å². The van der Waals surface area contributed by atoms with Gasteiger partial charge in [-0.3, -0.25) is 4.99 Å². The first kappa shape index (κ1) is 15.1. The minimum Gasteiger partial charge on any atom is -0.313 e. The summed E-state index contributed by atoms with van der Waals surface area (Å²) in [4.78, 5) is 16.6. The highest BCUT2D eigenvalue weighted by Gasteiger charge is 2.37. The van der Waals surface area contributed by atoms with Crippen molar-refractivity contribution in [2.24, 2.45) is 4.99 Å². The first-order valence-electron chi connectivity index (χ1n) is 8.37. The molecule has 0 fully saturated rings. The summed E-state index contributed by atoms with van der Waals surface area (Å²) in [7, 11) is 0. The van der Waals surface area contributed by atoms with Crippen LogP contribution in [-0.2, 0) is 0 Å². The number of rotatable bonds is 2. The number of hydrogen-bond acceptors (Lipinski definition) is 5. The second-order valence-electron chi connectivity index (χ2n) is 6.15. The van der Waals surface area contributed by atoms with Crippen LogP contribution < -0.4 is 4.90 Å². The number of hydrogen-bond donors (Lipinski definition) is 0. The van der Waals surface area contributed by atoms with E-state index < -0.39 is 0 Å². The zero-order chi connectivity index (χ0) is 17.5. The number of anilines is 1. The van der Waals surface area contributed by atoms with E-state index in [0.717, 1.165) is 38.8 Å². The molecule has 1 aromatic heterocycles. The lowest BCUT2D eigenvalue weighted by Crippen LogP contribution is -2.28. The van der Waals surface area contributed by atoms with E-state index in [1.807, 2.05) is 42.5 Å². The van der Waals surface area contributed by atoms with Crippen molar-refractivity contribution in [3.63, 3.8) is 0 Å². The number of aliphatic imine (C=N–C) groups is 1. The molecule has 124 valence electrons. The molecule has 2 aliphatic rings. The topological polar surface area (TPSA) is 41.4 Å². The smallest absolute Gasteiger partial charge is 0.152 e. The van der Waals surface area contributed by atoms with Crippen LogP contribution in [0.2, 0.25) is 0 Å². The fraction of sp³-hybridized carbons (Fsp3) is 0.0476. The largest absolute Gasteiger partial charge is 0.313 e. The zero-order valence-electron chi connectivity index (χ0n) is 13.8. The van der Waals surface area contributed by atoms with Crippen LogP contribution in [0.15, 0.2) is 90.0 Å². The number of allylic oxidation sites excluding steroid dienone is 2. The SMILES string of the molecule is S=C1C=C2C(=NC(c3ccccc3)N2c2ccccc2)c2ncncc21. The van der Waals surface area contributed by atoms with E-state index in [-0.39, 0.29) is 6.17 Å². The monoisotopic (exact) mass is 354 g/mol. The van der Waals surface area contributed by atoms with E-state index in [4.69, 9.17) is 17.2 Å². The van der Waals surface area contributed by atoms with Gasteiger partial charge in [-0.25, -0.2) is 9.97 Å². The lowest BCUT2D eigenvalue weighted by atomic mass is 9.98. The van der Waals surface area contributed by atoms with Crippen molar-refractivity contribution in [3.8, 4) is 0 Å². The van der Waals surface area contributed by atoms with Crippen LogP contribution in [0.5, 0.6) is 0 Å². The molecule has 5 heteroatoms. The van der Waals surface area contributed by atoms with E-state index in [1.54, 1.807) is 12.5 Å². The highest BCUT2D eigenvalue weighted by molar-refractivity contribution is 7.81. The molecular weight excluding hydrogens is 340 g/mol. The quantitative estimate of drug-likeness (QED) is 0.650. The van der Waals surface area contributed by atoms with Crippen molar-refractivity contribution in [2.45, 2.75) is 6.17 Å². The third-order valence-electron chi connectivity index (χ3n) is 4.60. The lowest BCUT2D eigenvalue weighted by molar-refractivity contribution is 0.755. The Balaban J connectivity index is 1.73. The Morgan fingerprint density at radius 2 is 1.65 bits per heavy atom. The van der Waals surface area contributed by atoms with Crippen LogP contribution in [0.4, 0.5) is 5.69 Å². The number of nitrogens with zero attached hydrogens (tertiary/aromatic N) is 4. The van der Waals surface area contributed by atoms with E-state index in [1.165, 1.54) is 0 Å². The Bertz CT molecular complexity index is 1060. The molecule has 0 radical (unpaired) electrons. The number of aromatic nitrogens is 2. The fourth-order valence-electron chi connectivity index (χ4n) is 3.43. The second kappa shape index (κ2) is 5.97. The summed E-state index contributed by atoms with van der Waals surface area (Å²) in [5.74, 6) is 0. The molecule has 0 saturated carbocycles. The van der Waals surface area contributed by atoms with Gasteiger partial charge in [0.25, 0.3) is 0 Å². The third-order valence-corrected chi connectivity index (χ3v) is 4.94. The van der Waals surface area contributed by atoms with E-state index in [0.29, 0.717) is 0 Å². The summed E-state index contributed by atoms with van der Waals surface area (Å²) in [5, 5.41) is 0. The zero-order valence-corrected chi connectivity index (χ0v) is 14.6. The molecule has 26 heavy (non-hydrogen) atoms. The average molecular weight is 354 g/mol. The van der Waals surface area contributed by atoms with Gasteiger partial charge in [0.1, 0.15) is 17.7 Å². The van der Waals surface area contributed by atoms with Gasteiger partial charge in [-0.2, -0.15) is 0 Å². The summed E-state index contributed by atoms with van der Waals surface area (Å²) >= 11 is 5.60. The van der Waals surface area contributed by atoms with Gasteiger partial charge in [0.05, 0.1) is 10.6 Å². The summed E-state index contributed by atoms with van der Waals surface area (Å²) < 4.78 is 0. The summed E-state index contributed by atoms with van der Waals surface area (Å²) in [5.41, 5.74) is 5.73. The van der Waals surface area contributed by atoms with Crippen molar-refractivity contribution in [2.75, 3.05) is 4.90 Å². The van der Waals surface area contributed by atoms with Gasteiger partial charge in [-0.1, -0.05) is 60.7 Å². The lowest BCUT2D eigenvalue weighted by Gasteiger charge is -2.28. The highest BCUT2D eigenvalue weighted by Crippen LogP contribution is 2.40. The van der Waals surface area contributed by atoms with Crippen LogP contribution in [-0.4, -0.2) is 20.5 Å². The molecule has 4 nitrogen and oxygen atoms in total. The minimum absolute atomic E-state index is 0.149. The Kier molecular flexibility index (Phi) is 3.47. The maximum absolute atomic E-state index is 5.60. The fourth-order valence-corrected chi connectivity index (χ4v) is 3.69. The van der Waals surface area contributed by atoms with Crippen molar-refractivity contribution in [3.05, 3.63) is 102 Å². The normalized spacial score (nSPS) is 18.1. The molecule has 0 bridgehead atoms. The number of benzene rings is 2. The first-order chi connectivity index (χ1) is 12.8. The van der Waals surface area contributed by atoms with Crippen molar-refractivity contribution in [1.29, 1.82) is 0 Å². The van der Waals surface area contributed by atoms with Crippen LogP contribution in [0.3, 0.4) is 0 Å². The predicted octanol–water partition coefficient (Wildman–Crippen LogP) is 4.10. The third kappa shape index (κ3) is 2.29. The van der Waals surface area contributed by atoms with Gasteiger partial charge in [0, 0.05) is 17.4 Å². The van der Waals surface area contributed by atoms with Crippen LogP contribution in [0.1, 0.15) is 23.0 Å². The molecule has 1 unspecified atom stereocenters. The number of thiocarbonyl (C=S) groups is 1. The summed E-state index contributed by atoms with van der Waals surface area (Å²) in [6, 6.07) is 20.6. The van der Waals surface area contributed by atoms with Crippen LogP contribution in [0.25, 0.3) is 0 Å². The van der Waals surface area contributed by atoms with Crippen LogP contribution in [0, 0.1) is 0 Å². The summed E-state index contributed by atoms with van der Waals surface area (Å²) in [6.45, 7) is 0. The predicted molar refractivity (Wildman–Crippen MR) is 106 cm³/mol. The second-order valence-corrected chi connectivity index (χ2v) is 6.59. The molecule has 2 aromatic carbocycles. The standard InChI is InChI=1S/C21H14N4S/c26-18-11-17-20(19-16(18)12-22-13-23-19)24-21(14-7-3-1-4-8-14)25(17)15-9-5-2-6-10-15/h1-13,21H. The maximum Gasteiger partial charge on any atom is 0.152 e. The molecule has 2 heterocycles. The molecule has 1 aliphatic heterocycles. The molecule has 1 atom stereocenters. The average Bonchev–Trinajstić information content (AvgIpc) is 3.09. The Morgan fingerprint density at radius 3 is 2.42 bits per heavy atom. The highest BCUT2D eigenvalue weighted by atomic mass is 32.1. The van der Waals surface area contributed by atoms with E-state index in [2.05, 4.69) is 39.1 Å². The molecular formula is C21H14N4S.